The molecule has 0 aromatic carbocycles. The second-order valence-corrected chi connectivity index (χ2v) is 10.2. The first-order valence-electron chi connectivity index (χ1n) is 7.85. The third kappa shape index (κ3) is 6.44. The van der Waals surface area contributed by atoms with Crippen LogP contribution >= 0.6 is 23.5 Å². The number of aliphatic hydroxyl groups is 2. The van der Waals surface area contributed by atoms with Gasteiger partial charge in [0.15, 0.2) is 17.7 Å². The molecule has 174 valence electrons. The van der Waals surface area contributed by atoms with E-state index >= 15 is 0 Å². The van der Waals surface area contributed by atoms with Crippen LogP contribution in [0.1, 0.15) is 9.08 Å². The van der Waals surface area contributed by atoms with Crippen LogP contribution in [0.4, 0.5) is 5.82 Å². The monoisotopic (exact) mass is 569 g/mol. The van der Waals surface area contributed by atoms with Crippen molar-refractivity contribution in [2.24, 2.45) is 0 Å². The first-order chi connectivity index (χ1) is 14.2. The SMILES string of the molecule is Nc1ncnc2c1ncn2[C@@H]1O[C@H](COP(=O)([O-])OP(=O)([O-])OP(=O)([O-])[O-])[C@@H](O)[C@H]1O.[H+].[H+].[Zn+2]. The van der Waals surface area contributed by atoms with Crippen molar-refractivity contribution in [1.82, 2.24) is 19.5 Å². The minimum atomic E-state index is -6.14. The van der Waals surface area contributed by atoms with E-state index in [1.807, 2.05) is 0 Å². The van der Waals surface area contributed by atoms with Crippen LogP contribution in [-0.2, 0) is 51.1 Å². The summed E-state index contributed by atoms with van der Waals surface area (Å²) in [4.78, 5) is 54.9. The number of hydrogen-bond donors (Lipinski definition) is 3. The third-order valence-electron chi connectivity index (χ3n) is 3.80. The summed E-state index contributed by atoms with van der Waals surface area (Å²) >= 11 is 0. The van der Waals surface area contributed by atoms with E-state index in [0.717, 1.165) is 12.7 Å². The molecule has 18 nitrogen and oxygen atoms in total. The van der Waals surface area contributed by atoms with E-state index in [1.54, 1.807) is 0 Å². The fraction of sp³-hybridized carbons (Fsp3) is 0.500. The quantitative estimate of drug-likeness (QED) is 0.201. The van der Waals surface area contributed by atoms with Gasteiger partial charge >= 0.3 is 22.3 Å². The molecule has 0 bridgehead atoms. The van der Waals surface area contributed by atoms with Crippen LogP contribution in [0.2, 0.25) is 0 Å². The zero-order chi connectivity index (χ0) is 23.2. The zero-order valence-electron chi connectivity index (χ0n) is 17.5. The van der Waals surface area contributed by atoms with Gasteiger partial charge in [-0.1, -0.05) is 0 Å². The molecule has 0 amide bonds. The first kappa shape index (κ1) is 27.5. The summed E-state index contributed by atoms with van der Waals surface area (Å²) in [6.07, 6.45) is -3.99. The molecule has 2 unspecified atom stereocenters. The Bertz CT molecular complexity index is 1120. The number of nitrogen functional groups attached to an aromatic ring is 1. The Hall–Kier alpha value is -0.737. The summed E-state index contributed by atoms with van der Waals surface area (Å²) in [5.74, 6) is 0.0195. The second-order valence-electron chi connectivity index (χ2n) is 5.93. The number of nitrogens with two attached hydrogens (primary N) is 1. The molecular formula is C10H14N5O13P3Zn. The Kier molecular flexibility index (Phi) is 8.48. The van der Waals surface area contributed by atoms with Crippen LogP contribution in [0.15, 0.2) is 12.7 Å². The molecule has 1 saturated heterocycles. The van der Waals surface area contributed by atoms with E-state index < -0.39 is 54.6 Å². The molecule has 0 aliphatic carbocycles. The third-order valence-corrected chi connectivity index (χ3v) is 7.46. The molecule has 1 fully saturated rings. The largest absolute Gasteiger partial charge is 2.00 e. The number of nitrogens with zero attached hydrogens (tertiary/aromatic N) is 4. The van der Waals surface area contributed by atoms with Gasteiger partial charge in [0, 0.05) is 0 Å². The summed E-state index contributed by atoms with van der Waals surface area (Å²) in [5, 5.41) is 20.3. The molecule has 2 aromatic heterocycles. The Balaban J connectivity index is 0.00000363. The summed E-state index contributed by atoms with van der Waals surface area (Å²) in [6, 6.07) is 0. The van der Waals surface area contributed by atoms with Gasteiger partial charge < -0.3 is 49.3 Å². The van der Waals surface area contributed by atoms with Gasteiger partial charge in [-0.2, -0.15) is 0 Å². The van der Waals surface area contributed by atoms with Gasteiger partial charge in [0.25, 0.3) is 15.6 Å². The molecule has 1 aliphatic rings. The van der Waals surface area contributed by atoms with E-state index in [2.05, 4.69) is 28.1 Å². The number of imidazole rings is 1. The van der Waals surface area contributed by atoms with Gasteiger partial charge in [0.2, 0.25) is 0 Å². The molecule has 32 heavy (non-hydrogen) atoms. The van der Waals surface area contributed by atoms with Crippen molar-refractivity contribution in [2.45, 2.75) is 24.5 Å². The molecule has 3 rings (SSSR count). The first-order valence-corrected chi connectivity index (χ1v) is 12.2. The van der Waals surface area contributed by atoms with Crippen molar-refractivity contribution < 1.29 is 83.7 Å². The molecule has 6 atom stereocenters. The maximum Gasteiger partial charge on any atom is 2.00 e. The van der Waals surface area contributed by atoms with Crippen LogP contribution in [0.3, 0.4) is 0 Å². The van der Waals surface area contributed by atoms with Crippen LogP contribution in [-0.4, -0.2) is 54.7 Å². The van der Waals surface area contributed by atoms with Crippen LogP contribution in [0.25, 0.3) is 11.2 Å². The topological polar surface area (TPSA) is 290 Å². The molecule has 1 aliphatic heterocycles. The molecule has 3 heterocycles. The van der Waals surface area contributed by atoms with Crippen LogP contribution in [0, 0.1) is 0 Å². The molecule has 0 spiro atoms. The molecular weight excluding hydrogens is 556 g/mol. The number of ether oxygens (including phenoxy) is 1. The average molecular weight is 571 g/mol. The summed E-state index contributed by atoms with van der Waals surface area (Å²) in [5.41, 5.74) is 5.92. The second kappa shape index (κ2) is 9.86. The molecule has 22 heteroatoms. The van der Waals surface area contributed by atoms with E-state index in [-0.39, 0.29) is 39.3 Å². The van der Waals surface area contributed by atoms with Gasteiger partial charge in [-0.25, -0.2) is 19.3 Å². The summed E-state index contributed by atoms with van der Waals surface area (Å²) < 4.78 is 50.2. The number of aromatic nitrogens is 4. The number of rotatable bonds is 8. The Morgan fingerprint density at radius 3 is 2.38 bits per heavy atom. The van der Waals surface area contributed by atoms with Crippen molar-refractivity contribution in [3.63, 3.8) is 0 Å². The average Bonchev–Trinajstić information content (AvgIpc) is 3.13. The van der Waals surface area contributed by atoms with Gasteiger partial charge in [-0.15, -0.1) is 0 Å². The molecule has 4 N–H and O–H groups in total. The maximum atomic E-state index is 11.6. The van der Waals surface area contributed by atoms with Crippen molar-refractivity contribution >= 4 is 40.4 Å². The number of hydrogen-bond acceptors (Lipinski definition) is 17. The Labute approximate surface area is 193 Å². The number of phosphoric acid groups is 3. The van der Waals surface area contributed by atoms with Crippen molar-refractivity contribution in [3.05, 3.63) is 12.7 Å². The minimum absolute atomic E-state index is 0. The number of phosphoric ester groups is 1. The summed E-state index contributed by atoms with van der Waals surface area (Å²) in [7, 11) is -18.1. The van der Waals surface area contributed by atoms with E-state index in [9.17, 15) is 43.5 Å². The zero-order valence-corrected chi connectivity index (χ0v) is 21.1. The Morgan fingerprint density at radius 1 is 1.09 bits per heavy atom. The predicted molar refractivity (Wildman–Crippen MR) is 88.8 cm³/mol. The number of anilines is 1. The molecule has 2 aromatic rings. The van der Waals surface area contributed by atoms with Gasteiger partial charge in [0.1, 0.15) is 30.2 Å². The fourth-order valence-electron chi connectivity index (χ4n) is 2.60. The normalized spacial score (nSPS) is 27.6. The predicted octanol–water partition coefficient (Wildman–Crippen LogP) is -3.93. The van der Waals surface area contributed by atoms with Crippen molar-refractivity contribution in [2.75, 3.05) is 12.3 Å². The van der Waals surface area contributed by atoms with E-state index in [1.165, 1.54) is 4.57 Å². The fourth-order valence-corrected chi connectivity index (χ4v) is 5.47. The number of aliphatic hydroxyl groups excluding tert-OH is 2. The maximum absolute atomic E-state index is 11.6. The van der Waals surface area contributed by atoms with Crippen molar-refractivity contribution in [3.8, 4) is 0 Å². The standard InChI is InChI=1S/C10H16N5O13P3.Zn/c11-8-5-9(13-2-12-8)15(3-14-5)10-7(17)6(16)4(26-10)1-25-30(21,22)28-31(23,24)27-29(18,19)20;/h2-4,6-7,10,16-17H,1H2,(H,21,22)(H,23,24)(H2,11,12,13)(H2,18,19,20);/q;+2/p-2/t4-,6-,7-,10-;/m1./s1. The van der Waals surface area contributed by atoms with E-state index in [0.29, 0.717) is 0 Å². The Morgan fingerprint density at radius 2 is 1.75 bits per heavy atom. The van der Waals surface area contributed by atoms with E-state index in [4.69, 9.17) is 10.5 Å². The van der Waals surface area contributed by atoms with Gasteiger partial charge in [0.05, 0.1) is 20.8 Å². The van der Waals surface area contributed by atoms with Crippen LogP contribution < -0.4 is 25.3 Å². The molecule has 0 radical (unpaired) electrons. The van der Waals surface area contributed by atoms with Gasteiger partial charge in [-0.05, 0) is 0 Å². The van der Waals surface area contributed by atoms with Crippen LogP contribution in [0.5, 0.6) is 0 Å². The smallest absolute Gasteiger partial charge is 0.790 e. The number of fused-ring (bicyclic) bond motifs is 1. The van der Waals surface area contributed by atoms with Gasteiger partial charge in [-0.3, -0.25) is 18.0 Å². The summed E-state index contributed by atoms with van der Waals surface area (Å²) in [6.45, 7) is -1.08. The minimum Gasteiger partial charge on any atom is -0.790 e. The molecule has 0 saturated carbocycles. The van der Waals surface area contributed by atoms with Crippen molar-refractivity contribution in [1.29, 1.82) is 0 Å².